The van der Waals surface area contributed by atoms with Crippen LogP contribution >= 0.6 is 0 Å². The Hall–Kier alpha value is -7.62. The van der Waals surface area contributed by atoms with Crippen LogP contribution in [-0.2, 0) is 31.8 Å². The maximum Gasteiger partial charge on any atom is 0.239 e. The van der Waals surface area contributed by atoms with E-state index in [-0.39, 0.29) is 68.9 Å². The zero-order chi connectivity index (χ0) is 76.9. The number of rotatable bonds is 20. The molecule has 10 rings (SSSR count). The third-order valence-electron chi connectivity index (χ3n) is 17.2. The predicted molar refractivity (Wildman–Crippen MR) is 368 cm³/mol. The molecule has 2 aromatic heterocycles. The maximum atomic E-state index is 14.3. The highest BCUT2D eigenvalue weighted by Crippen LogP contribution is 2.45. The average Bonchev–Trinajstić information content (AvgIpc) is 0.746. The first-order chi connectivity index (χ1) is 49.4. The van der Waals surface area contributed by atoms with E-state index in [4.69, 9.17) is 66.4 Å². The van der Waals surface area contributed by atoms with E-state index in [0.717, 1.165) is 36.1 Å². The Morgan fingerprint density at radius 1 is 0.433 bits per heavy atom. The van der Waals surface area contributed by atoms with Crippen molar-refractivity contribution in [2.75, 3.05) is 40.6 Å². The molecule has 18 N–H and O–H groups in total. The van der Waals surface area contributed by atoms with Gasteiger partial charge < -0.3 is 148 Å². The van der Waals surface area contributed by atoms with Gasteiger partial charge >= 0.3 is 0 Å². The number of phenols is 2. The number of allylic oxidation sites excluding steroid dienone is 4. The van der Waals surface area contributed by atoms with E-state index in [1.807, 2.05) is 41.5 Å². The summed E-state index contributed by atoms with van der Waals surface area (Å²) < 4.78 is 69.0. The molecule has 0 spiro atoms. The van der Waals surface area contributed by atoms with Gasteiger partial charge in [0, 0.05) is 47.6 Å². The fraction of sp³-hybridized carbons (Fsp3) is 0.528. The van der Waals surface area contributed by atoms with E-state index in [2.05, 4.69) is 0 Å². The number of hydrogen-bond acceptors (Lipinski definition) is 32. The Morgan fingerprint density at radius 2 is 0.731 bits per heavy atom. The van der Waals surface area contributed by atoms with Gasteiger partial charge in [-0.05, 0) is 116 Å². The van der Waals surface area contributed by atoms with Crippen molar-refractivity contribution in [1.29, 1.82) is 0 Å². The lowest BCUT2D eigenvalue weighted by atomic mass is 9.99. The fourth-order valence-electron chi connectivity index (χ4n) is 11.0. The van der Waals surface area contributed by atoms with E-state index >= 15 is 0 Å². The van der Waals surface area contributed by atoms with E-state index in [9.17, 15) is 91.3 Å². The first-order valence-corrected chi connectivity index (χ1v) is 33.5. The lowest BCUT2D eigenvalue weighted by Crippen LogP contribution is -2.60. The molecule has 576 valence electrons. The minimum atomic E-state index is -1.77. The summed E-state index contributed by atoms with van der Waals surface area (Å²) >= 11 is 0. The van der Waals surface area contributed by atoms with E-state index in [1.54, 1.807) is 60.7 Å². The Morgan fingerprint density at radius 3 is 1.01 bits per heavy atom. The van der Waals surface area contributed by atoms with E-state index in [0.29, 0.717) is 35.8 Å². The van der Waals surface area contributed by atoms with Gasteiger partial charge in [-0.3, -0.25) is 9.59 Å². The lowest BCUT2D eigenvalue weighted by Gasteiger charge is -2.39. The van der Waals surface area contributed by atoms with Crippen LogP contribution in [0.25, 0.3) is 44.6 Å². The van der Waals surface area contributed by atoms with Crippen LogP contribution in [0.3, 0.4) is 0 Å². The number of aliphatic hydroxyl groups excluding tert-OH is 16. The summed E-state index contributed by atoms with van der Waals surface area (Å²) in [7, 11) is 2.94. The first kappa shape index (κ1) is 83.7. The molecule has 0 saturated carbocycles. The van der Waals surface area contributed by atoms with Crippen LogP contribution in [0.2, 0.25) is 0 Å². The summed E-state index contributed by atoms with van der Waals surface area (Å²) in [6, 6.07) is 14.8. The third-order valence-corrected chi connectivity index (χ3v) is 17.2. The summed E-state index contributed by atoms with van der Waals surface area (Å²) in [5.74, 6) is -1.84. The number of phenolic OH excluding ortho intramolecular Hbond substituents is 2. The van der Waals surface area contributed by atoms with Gasteiger partial charge in [0.2, 0.25) is 47.5 Å². The van der Waals surface area contributed by atoms with Crippen molar-refractivity contribution in [3.05, 3.63) is 116 Å². The molecule has 4 aliphatic rings. The molecular weight excluding hydrogens is 1380 g/mol. The molecule has 0 aliphatic carbocycles. The van der Waals surface area contributed by atoms with Gasteiger partial charge in [-0.2, -0.15) is 0 Å². The standard InChI is InChI=1S/2C33H40O15.2C3H8O/c2*1-13(2)5-10-17-19(45-33-28(42)26(40)23(37)20(12-34)46-33)11-18(35)21-24(38)31(48-32-27(41)25(39)22(36)14(3)44-32)29(47-30(17)21)15-6-8-16(43-4)9-7-15;2*1-2-3-4/h2*5-9,11,14,20,22-23,25-28,32-37,39-42H,10,12H2,1-4H3;2*4H,2-3H2,1H3/t2*14-,20+,22-,23+,25+,26-,27+,28+,32-,33+;;/m00../s1. The molecule has 32 nitrogen and oxygen atoms in total. The van der Waals surface area contributed by atoms with Crippen molar-refractivity contribution in [1.82, 2.24) is 0 Å². The highest BCUT2D eigenvalue weighted by molar-refractivity contribution is 5.92. The van der Waals surface area contributed by atoms with Crippen molar-refractivity contribution < 1.29 is 148 Å². The quantitative estimate of drug-likeness (QED) is 0.0472. The van der Waals surface area contributed by atoms with Gasteiger partial charge in [-0.15, -0.1) is 0 Å². The minimum Gasteiger partial charge on any atom is -0.507 e. The molecule has 4 aromatic carbocycles. The summed E-state index contributed by atoms with van der Waals surface area (Å²) in [5.41, 5.74) is 0.683. The van der Waals surface area contributed by atoms with Crippen molar-refractivity contribution in [2.45, 2.75) is 204 Å². The number of hydrogen-bond donors (Lipinski definition) is 18. The summed E-state index contributed by atoms with van der Waals surface area (Å²) in [4.78, 5) is 28.5. The van der Waals surface area contributed by atoms with Gasteiger partial charge in [0.05, 0.1) is 39.6 Å². The topological polar surface area (TPSA) is 517 Å². The monoisotopic (exact) mass is 1470 g/mol. The molecule has 0 unspecified atom stereocenters. The third kappa shape index (κ3) is 19.0. The van der Waals surface area contributed by atoms with E-state index < -0.39 is 170 Å². The van der Waals surface area contributed by atoms with Crippen molar-refractivity contribution in [3.8, 4) is 68.6 Å². The molecular formula is C72H96O32. The van der Waals surface area contributed by atoms with Gasteiger partial charge in [0.25, 0.3) is 0 Å². The van der Waals surface area contributed by atoms with Crippen molar-refractivity contribution in [2.24, 2.45) is 0 Å². The molecule has 0 radical (unpaired) electrons. The number of methoxy groups -OCH3 is 2. The Kier molecular flexibility index (Phi) is 30.2. The average molecular weight is 1470 g/mol. The van der Waals surface area contributed by atoms with Gasteiger partial charge in [0.15, 0.2) is 11.5 Å². The van der Waals surface area contributed by atoms with E-state index in [1.165, 1.54) is 28.1 Å². The SMILES string of the molecule is CCCO.CCCO.COc1ccc(-c2oc3c(CC=C(C)C)c(O[C@@H]4O[C@H](CO)[C@@H](O)[C@H](O)[C@H]4O)cc(O)c3c(=O)c2O[C@@H]2O[C@@H](C)[C@H](O)[C@@H](O)[C@H]2O)cc1.COc1ccc(-c2oc3c(CC=C(C)C)c(O[C@@H]4O[C@H](CO)[C@@H](O)[C@H](O)[C@H]4O)cc(O)c3c(=O)c2O[C@@H]2O[C@@H](C)[C@H](O)[C@@H](O)[C@H]2O)cc1. The molecule has 4 aliphatic heterocycles. The summed E-state index contributed by atoms with van der Waals surface area (Å²) in [6.07, 6.45) is -25.6. The lowest BCUT2D eigenvalue weighted by molar-refractivity contribution is -0.277. The molecule has 20 atom stereocenters. The highest BCUT2D eigenvalue weighted by atomic mass is 16.7. The zero-order valence-corrected chi connectivity index (χ0v) is 58.9. The molecule has 4 fully saturated rings. The molecule has 6 heterocycles. The second-order valence-electron chi connectivity index (χ2n) is 25.4. The fourth-order valence-corrected chi connectivity index (χ4v) is 11.0. The predicted octanol–water partition coefficient (Wildman–Crippen LogP) is 0.913. The largest absolute Gasteiger partial charge is 0.507 e. The maximum absolute atomic E-state index is 14.3. The van der Waals surface area contributed by atoms with Crippen LogP contribution in [0, 0.1) is 0 Å². The van der Waals surface area contributed by atoms with Gasteiger partial charge in [-0.1, -0.05) is 37.1 Å². The molecule has 0 bridgehead atoms. The number of aliphatic hydroxyl groups is 16. The number of aromatic hydroxyl groups is 2. The van der Waals surface area contributed by atoms with Crippen molar-refractivity contribution >= 4 is 21.9 Å². The van der Waals surface area contributed by atoms with Crippen LogP contribution in [-0.4, -0.2) is 255 Å². The van der Waals surface area contributed by atoms with Gasteiger partial charge in [0.1, 0.15) is 142 Å². The zero-order valence-electron chi connectivity index (χ0n) is 58.9. The number of benzene rings is 4. The highest BCUT2D eigenvalue weighted by Gasteiger charge is 2.49. The molecule has 32 heteroatoms. The number of fused-ring (bicyclic) bond motifs is 2. The van der Waals surface area contributed by atoms with Crippen LogP contribution in [0.15, 0.2) is 102 Å². The normalized spacial score (nSPS) is 28.8. The molecule has 104 heavy (non-hydrogen) atoms. The van der Waals surface area contributed by atoms with Crippen LogP contribution < -0.4 is 39.3 Å². The van der Waals surface area contributed by atoms with Crippen LogP contribution in [0.4, 0.5) is 0 Å². The summed E-state index contributed by atoms with van der Waals surface area (Å²) in [5, 5.41) is 182. The summed E-state index contributed by atoms with van der Waals surface area (Å²) in [6.45, 7) is 13.3. The molecule has 4 saturated heterocycles. The Labute approximate surface area is 596 Å². The number of ether oxygens (including phenoxy) is 10. The second-order valence-corrected chi connectivity index (χ2v) is 25.4. The van der Waals surface area contributed by atoms with Crippen LogP contribution in [0.5, 0.6) is 46.0 Å². The second kappa shape index (κ2) is 37.6. The molecule has 6 aromatic rings. The minimum absolute atomic E-state index is 0.0725. The van der Waals surface area contributed by atoms with Gasteiger partial charge in [-0.25, -0.2) is 0 Å². The first-order valence-electron chi connectivity index (χ1n) is 33.5. The molecule has 0 amide bonds. The van der Waals surface area contributed by atoms with Crippen LogP contribution in [0.1, 0.15) is 79.4 Å². The smallest absolute Gasteiger partial charge is 0.239 e. The Bertz CT molecular complexity index is 3680. The Balaban J connectivity index is 0.000000264. The van der Waals surface area contributed by atoms with Crippen molar-refractivity contribution in [3.63, 3.8) is 0 Å².